The molecule has 0 aromatic carbocycles. The van der Waals surface area contributed by atoms with Gasteiger partial charge in [-0.1, -0.05) is 0 Å². The molecule has 0 spiro atoms. The van der Waals surface area contributed by atoms with Gasteiger partial charge in [-0.25, -0.2) is 0 Å². The second-order valence-corrected chi connectivity index (χ2v) is 2.92. The fourth-order valence-corrected chi connectivity index (χ4v) is 1.22. The topological polar surface area (TPSA) is 49.3 Å². The third-order valence-corrected chi connectivity index (χ3v) is 1.91. The van der Waals surface area contributed by atoms with Crippen molar-refractivity contribution in [1.82, 2.24) is 10.4 Å². The van der Waals surface area contributed by atoms with Crippen LogP contribution in [0.4, 0.5) is 5.69 Å². The molecule has 0 saturated carbocycles. The number of hydrogen-bond donors (Lipinski definition) is 2. The smallest absolute Gasteiger partial charge is 0.115 e. The Morgan fingerprint density at radius 2 is 1.93 bits per heavy atom. The van der Waals surface area contributed by atoms with Gasteiger partial charge in [-0.2, -0.15) is 0 Å². The predicted octanol–water partition coefficient (Wildman–Crippen LogP) is 1.61. The Morgan fingerprint density at radius 1 is 1.14 bits per heavy atom. The van der Waals surface area contributed by atoms with Crippen molar-refractivity contribution in [3.05, 3.63) is 24.5 Å². The van der Waals surface area contributed by atoms with Crippen molar-refractivity contribution < 1.29 is 0 Å². The van der Waals surface area contributed by atoms with Crippen LogP contribution in [0.15, 0.2) is 29.5 Å². The molecule has 1 aromatic rings. The van der Waals surface area contributed by atoms with Crippen LogP contribution in [-0.2, 0) is 0 Å². The summed E-state index contributed by atoms with van der Waals surface area (Å²) in [5.41, 5.74) is 7.14. The van der Waals surface area contributed by atoms with Crippen molar-refractivity contribution >= 4 is 23.9 Å². The molecule has 0 saturated heterocycles. The van der Waals surface area contributed by atoms with E-state index in [0.717, 1.165) is 30.9 Å². The number of pyridine rings is 1. The molecule has 76 valence electrons. The largest absolute Gasteiger partial charge is 0.300 e. The van der Waals surface area contributed by atoms with E-state index in [0.29, 0.717) is 0 Å². The molecule has 1 aliphatic heterocycles. The number of hydrazine groups is 1. The molecule has 0 atom stereocenters. The van der Waals surface area contributed by atoms with Crippen molar-refractivity contribution in [2.45, 2.75) is 12.8 Å². The molecule has 0 bridgehead atoms. The summed E-state index contributed by atoms with van der Waals surface area (Å²) in [6, 6.07) is 3.81. The maximum absolute atomic E-state index is 4.28. The zero-order valence-corrected chi connectivity index (χ0v) is 8.55. The first-order chi connectivity index (χ1) is 6.45. The lowest BCUT2D eigenvalue weighted by Gasteiger charge is -2.07. The molecular weight excluding hydrogens is 200 g/mol. The maximum Gasteiger partial charge on any atom is 0.115 e. The van der Waals surface area contributed by atoms with Gasteiger partial charge in [-0.15, -0.1) is 12.4 Å². The van der Waals surface area contributed by atoms with Gasteiger partial charge in [0.2, 0.25) is 0 Å². The molecule has 2 N–H and O–H groups in total. The van der Waals surface area contributed by atoms with E-state index >= 15 is 0 Å². The molecule has 5 heteroatoms. The van der Waals surface area contributed by atoms with Crippen LogP contribution >= 0.6 is 12.4 Å². The highest BCUT2D eigenvalue weighted by Crippen LogP contribution is 2.04. The van der Waals surface area contributed by atoms with Crippen LogP contribution in [0.3, 0.4) is 0 Å². The molecule has 0 radical (unpaired) electrons. The quantitative estimate of drug-likeness (QED) is 0.733. The van der Waals surface area contributed by atoms with Gasteiger partial charge in [-0.3, -0.25) is 20.8 Å². The van der Waals surface area contributed by atoms with Crippen LogP contribution in [0, 0.1) is 0 Å². The van der Waals surface area contributed by atoms with Crippen LogP contribution in [-0.4, -0.2) is 17.4 Å². The summed E-state index contributed by atoms with van der Waals surface area (Å²) in [5.74, 6) is 1.04. The summed E-state index contributed by atoms with van der Waals surface area (Å²) in [4.78, 5) is 8.21. The molecule has 0 unspecified atom stereocenters. The number of nitrogens with zero attached hydrogens (tertiary/aromatic N) is 2. The average molecular weight is 213 g/mol. The zero-order valence-electron chi connectivity index (χ0n) is 7.73. The molecule has 1 aromatic heterocycles. The lowest BCUT2D eigenvalue weighted by Crippen LogP contribution is -2.27. The fraction of sp³-hybridized carbons (Fsp3) is 0.333. The predicted molar refractivity (Wildman–Crippen MR) is 59.8 cm³/mol. The van der Waals surface area contributed by atoms with Crippen molar-refractivity contribution in [3.8, 4) is 0 Å². The van der Waals surface area contributed by atoms with E-state index in [1.54, 1.807) is 12.4 Å². The standard InChI is InChI=1S/C9H12N4.ClH/c1-2-9(11-5-1)13-12-8-3-6-10-7-4-8;/h3-4,6-7H,1-2,5H2,(H,10,12)(H,11,13);1H. The van der Waals surface area contributed by atoms with E-state index in [2.05, 4.69) is 20.8 Å². The molecule has 2 heterocycles. The van der Waals surface area contributed by atoms with E-state index in [-0.39, 0.29) is 12.4 Å². The molecule has 14 heavy (non-hydrogen) atoms. The Kier molecular flexibility index (Phi) is 4.19. The number of anilines is 1. The summed E-state index contributed by atoms with van der Waals surface area (Å²) in [5, 5.41) is 0. The number of nitrogens with one attached hydrogen (secondary N) is 2. The lowest BCUT2D eigenvalue weighted by atomic mass is 10.3. The minimum Gasteiger partial charge on any atom is -0.300 e. The van der Waals surface area contributed by atoms with Crippen molar-refractivity contribution in [2.24, 2.45) is 4.99 Å². The Labute approximate surface area is 89.2 Å². The van der Waals surface area contributed by atoms with Crippen LogP contribution in [0.5, 0.6) is 0 Å². The molecular formula is C9H13ClN4. The third kappa shape index (κ3) is 2.88. The monoisotopic (exact) mass is 212 g/mol. The van der Waals surface area contributed by atoms with Crippen LogP contribution in [0.1, 0.15) is 12.8 Å². The Morgan fingerprint density at radius 3 is 2.57 bits per heavy atom. The van der Waals surface area contributed by atoms with Gasteiger partial charge >= 0.3 is 0 Å². The van der Waals surface area contributed by atoms with E-state index < -0.39 is 0 Å². The van der Waals surface area contributed by atoms with E-state index in [1.165, 1.54) is 0 Å². The average Bonchev–Trinajstić information content (AvgIpc) is 2.69. The summed E-state index contributed by atoms with van der Waals surface area (Å²) in [6.45, 7) is 0.945. The number of aromatic nitrogens is 1. The number of rotatable bonds is 2. The number of amidine groups is 1. The number of aliphatic imine (C=N–C) groups is 1. The first-order valence-electron chi connectivity index (χ1n) is 4.40. The molecule has 2 rings (SSSR count). The van der Waals surface area contributed by atoms with E-state index in [9.17, 15) is 0 Å². The van der Waals surface area contributed by atoms with Gasteiger partial charge in [-0.05, 0) is 18.6 Å². The first kappa shape index (κ1) is 10.8. The highest BCUT2D eigenvalue weighted by Gasteiger charge is 2.03. The molecule has 0 amide bonds. The van der Waals surface area contributed by atoms with Gasteiger partial charge in [0.15, 0.2) is 0 Å². The third-order valence-electron chi connectivity index (χ3n) is 1.91. The van der Waals surface area contributed by atoms with Gasteiger partial charge in [0.25, 0.3) is 0 Å². The van der Waals surface area contributed by atoms with Crippen molar-refractivity contribution in [2.75, 3.05) is 12.0 Å². The molecule has 0 fully saturated rings. The Bertz CT molecular complexity index is 299. The highest BCUT2D eigenvalue weighted by molar-refractivity contribution is 5.85. The zero-order chi connectivity index (χ0) is 8.93. The van der Waals surface area contributed by atoms with Crippen LogP contribution in [0.25, 0.3) is 0 Å². The maximum atomic E-state index is 4.28. The van der Waals surface area contributed by atoms with Crippen LogP contribution in [0.2, 0.25) is 0 Å². The molecule has 1 aliphatic rings. The lowest BCUT2D eigenvalue weighted by molar-refractivity contribution is 0.944. The second-order valence-electron chi connectivity index (χ2n) is 2.92. The van der Waals surface area contributed by atoms with E-state index in [4.69, 9.17) is 0 Å². The van der Waals surface area contributed by atoms with Gasteiger partial charge in [0.05, 0.1) is 5.69 Å². The number of halogens is 1. The SMILES string of the molecule is Cl.c1cc(NNC2=NCCC2)ccn1. The van der Waals surface area contributed by atoms with Crippen molar-refractivity contribution in [1.29, 1.82) is 0 Å². The van der Waals surface area contributed by atoms with Gasteiger partial charge < -0.3 is 0 Å². The highest BCUT2D eigenvalue weighted by atomic mass is 35.5. The fourth-order valence-electron chi connectivity index (χ4n) is 1.22. The summed E-state index contributed by atoms with van der Waals surface area (Å²) in [6.07, 6.45) is 5.69. The Balaban J connectivity index is 0.000000980. The molecule has 4 nitrogen and oxygen atoms in total. The second kappa shape index (κ2) is 5.44. The summed E-state index contributed by atoms with van der Waals surface area (Å²) in [7, 11) is 0. The first-order valence-corrected chi connectivity index (χ1v) is 4.40. The van der Waals surface area contributed by atoms with Gasteiger partial charge in [0.1, 0.15) is 5.84 Å². The summed E-state index contributed by atoms with van der Waals surface area (Å²) < 4.78 is 0. The summed E-state index contributed by atoms with van der Waals surface area (Å²) >= 11 is 0. The Hall–Kier alpha value is -1.29. The normalized spacial score (nSPS) is 14.1. The van der Waals surface area contributed by atoms with Gasteiger partial charge in [0, 0.05) is 25.4 Å². The van der Waals surface area contributed by atoms with Crippen molar-refractivity contribution in [3.63, 3.8) is 0 Å². The molecule has 0 aliphatic carbocycles. The minimum absolute atomic E-state index is 0. The van der Waals surface area contributed by atoms with E-state index in [1.807, 2.05) is 12.1 Å². The number of hydrogen-bond acceptors (Lipinski definition) is 4. The minimum atomic E-state index is 0. The van der Waals surface area contributed by atoms with Crippen LogP contribution < -0.4 is 10.9 Å².